The van der Waals surface area contributed by atoms with Gasteiger partial charge in [0.1, 0.15) is 5.76 Å². The molecular formula is C19H17NO2S. The predicted molar refractivity (Wildman–Crippen MR) is 92.7 cm³/mol. The summed E-state index contributed by atoms with van der Waals surface area (Å²) in [5, 5.41) is 2.99. The number of hydrogen-bond donors (Lipinski definition) is 1. The van der Waals surface area contributed by atoms with Crippen molar-refractivity contribution >= 4 is 23.4 Å². The van der Waals surface area contributed by atoms with Crippen LogP contribution in [0.5, 0.6) is 0 Å². The minimum atomic E-state index is -0.0116. The van der Waals surface area contributed by atoms with E-state index in [1.54, 1.807) is 18.0 Å². The van der Waals surface area contributed by atoms with Crippen molar-refractivity contribution < 1.29 is 9.21 Å². The lowest BCUT2D eigenvalue weighted by Gasteiger charge is -2.10. The lowest BCUT2D eigenvalue weighted by Crippen LogP contribution is -2.12. The van der Waals surface area contributed by atoms with Gasteiger partial charge in [-0.15, -0.1) is 0 Å². The van der Waals surface area contributed by atoms with Gasteiger partial charge in [0.25, 0.3) is 0 Å². The van der Waals surface area contributed by atoms with Crippen LogP contribution in [-0.4, -0.2) is 5.91 Å². The molecule has 0 spiro atoms. The standard InChI is InChI=1S/C19H17NO2S/c21-19(13-12-15-7-6-14-22-15)20-17-10-4-5-11-18(17)23-16-8-2-1-3-9-16/h1-11,14H,12-13H2,(H,20,21). The molecule has 0 saturated carbocycles. The van der Waals surface area contributed by atoms with Crippen molar-refractivity contribution in [3.05, 3.63) is 78.8 Å². The van der Waals surface area contributed by atoms with Gasteiger partial charge in [-0.05, 0) is 36.4 Å². The molecule has 0 atom stereocenters. The molecule has 0 aliphatic carbocycles. The maximum absolute atomic E-state index is 12.2. The molecule has 116 valence electrons. The molecule has 4 heteroatoms. The third kappa shape index (κ3) is 4.50. The highest BCUT2D eigenvalue weighted by atomic mass is 32.2. The first-order chi connectivity index (χ1) is 11.3. The SMILES string of the molecule is O=C(CCc1ccco1)Nc1ccccc1Sc1ccccc1. The number of carbonyl (C=O) groups excluding carboxylic acids is 1. The third-order valence-electron chi connectivity index (χ3n) is 3.31. The average Bonchev–Trinajstić information content (AvgIpc) is 3.09. The van der Waals surface area contributed by atoms with Gasteiger partial charge >= 0.3 is 0 Å². The summed E-state index contributed by atoms with van der Waals surface area (Å²) in [6.07, 6.45) is 2.63. The molecule has 1 heterocycles. The summed E-state index contributed by atoms with van der Waals surface area (Å²) in [5.74, 6) is 0.814. The maximum atomic E-state index is 12.2. The Morgan fingerprint density at radius 3 is 2.52 bits per heavy atom. The second kappa shape index (κ2) is 7.70. The molecular weight excluding hydrogens is 306 g/mol. The lowest BCUT2D eigenvalue weighted by atomic mass is 10.2. The first-order valence-electron chi connectivity index (χ1n) is 7.45. The van der Waals surface area contributed by atoms with E-state index >= 15 is 0 Å². The van der Waals surface area contributed by atoms with Gasteiger partial charge in [-0.25, -0.2) is 0 Å². The van der Waals surface area contributed by atoms with Gasteiger partial charge in [0.05, 0.1) is 12.0 Å². The molecule has 2 aromatic carbocycles. The fraction of sp³-hybridized carbons (Fsp3) is 0.105. The molecule has 0 aliphatic rings. The topological polar surface area (TPSA) is 42.2 Å². The Balaban J connectivity index is 1.64. The molecule has 0 bridgehead atoms. The van der Waals surface area contributed by atoms with Gasteiger partial charge in [0.2, 0.25) is 5.91 Å². The van der Waals surface area contributed by atoms with Gasteiger partial charge in [0.15, 0.2) is 0 Å². The van der Waals surface area contributed by atoms with Crippen LogP contribution in [-0.2, 0) is 11.2 Å². The number of hydrogen-bond acceptors (Lipinski definition) is 3. The summed E-state index contributed by atoms with van der Waals surface area (Å²) < 4.78 is 5.25. The van der Waals surface area contributed by atoms with Crippen LogP contribution in [0.4, 0.5) is 5.69 Å². The van der Waals surface area contributed by atoms with E-state index in [9.17, 15) is 4.79 Å². The quantitative estimate of drug-likeness (QED) is 0.694. The van der Waals surface area contributed by atoms with Crippen LogP contribution in [0.2, 0.25) is 0 Å². The molecule has 1 amide bonds. The molecule has 3 aromatic rings. The van der Waals surface area contributed by atoms with E-state index in [0.29, 0.717) is 12.8 Å². The second-order valence-corrected chi connectivity index (χ2v) is 6.15. The van der Waals surface area contributed by atoms with Crippen molar-refractivity contribution in [1.82, 2.24) is 0 Å². The second-order valence-electron chi connectivity index (χ2n) is 5.04. The molecule has 3 nitrogen and oxygen atoms in total. The van der Waals surface area contributed by atoms with Crippen molar-refractivity contribution in [2.24, 2.45) is 0 Å². The van der Waals surface area contributed by atoms with Crippen LogP contribution in [0.25, 0.3) is 0 Å². The lowest BCUT2D eigenvalue weighted by molar-refractivity contribution is -0.116. The molecule has 0 aliphatic heterocycles. The summed E-state index contributed by atoms with van der Waals surface area (Å²) in [6.45, 7) is 0. The number of carbonyl (C=O) groups is 1. The molecule has 0 unspecified atom stereocenters. The van der Waals surface area contributed by atoms with Gasteiger partial charge in [0, 0.05) is 22.6 Å². The Labute approximate surface area is 139 Å². The van der Waals surface area contributed by atoms with E-state index in [1.165, 1.54) is 0 Å². The van der Waals surface area contributed by atoms with Crippen LogP contribution >= 0.6 is 11.8 Å². The third-order valence-corrected chi connectivity index (χ3v) is 4.39. The highest BCUT2D eigenvalue weighted by molar-refractivity contribution is 7.99. The maximum Gasteiger partial charge on any atom is 0.224 e. The summed E-state index contributed by atoms with van der Waals surface area (Å²) in [4.78, 5) is 14.3. The van der Waals surface area contributed by atoms with Gasteiger partial charge < -0.3 is 9.73 Å². The van der Waals surface area contributed by atoms with Crippen LogP contribution in [0.3, 0.4) is 0 Å². The fourth-order valence-corrected chi connectivity index (χ4v) is 3.10. The molecule has 3 rings (SSSR count). The zero-order chi connectivity index (χ0) is 15.9. The Kier molecular flexibility index (Phi) is 5.17. The minimum absolute atomic E-state index is 0.0116. The van der Waals surface area contributed by atoms with Crippen molar-refractivity contribution in [3.63, 3.8) is 0 Å². The van der Waals surface area contributed by atoms with Crippen molar-refractivity contribution in [1.29, 1.82) is 0 Å². The Morgan fingerprint density at radius 1 is 0.957 bits per heavy atom. The average molecular weight is 323 g/mol. The van der Waals surface area contributed by atoms with Gasteiger partial charge in [-0.3, -0.25) is 4.79 Å². The Hall–Kier alpha value is -2.46. The zero-order valence-electron chi connectivity index (χ0n) is 12.6. The van der Waals surface area contributed by atoms with Crippen molar-refractivity contribution in [3.8, 4) is 0 Å². The molecule has 1 aromatic heterocycles. The van der Waals surface area contributed by atoms with Crippen LogP contribution in [0.1, 0.15) is 12.2 Å². The number of rotatable bonds is 6. The Morgan fingerprint density at radius 2 is 1.74 bits per heavy atom. The van der Waals surface area contributed by atoms with Crippen molar-refractivity contribution in [2.45, 2.75) is 22.6 Å². The summed E-state index contributed by atoms with van der Waals surface area (Å²) in [7, 11) is 0. The highest BCUT2D eigenvalue weighted by Crippen LogP contribution is 2.33. The molecule has 0 fully saturated rings. The number of nitrogens with one attached hydrogen (secondary N) is 1. The van der Waals surface area contributed by atoms with Crippen LogP contribution in [0, 0.1) is 0 Å². The number of anilines is 1. The number of benzene rings is 2. The first kappa shape index (κ1) is 15.4. The van der Waals surface area contributed by atoms with E-state index < -0.39 is 0 Å². The van der Waals surface area contributed by atoms with Gasteiger partial charge in [-0.2, -0.15) is 0 Å². The van der Waals surface area contributed by atoms with E-state index in [-0.39, 0.29) is 5.91 Å². The summed E-state index contributed by atoms with van der Waals surface area (Å²) in [5.41, 5.74) is 0.839. The number of amides is 1. The highest BCUT2D eigenvalue weighted by Gasteiger charge is 2.09. The molecule has 1 N–H and O–H groups in total. The normalized spacial score (nSPS) is 10.4. The van der Waals surface area contributed by atoms with Crippen LogP contribution in [0.15, 0.2) is 87.2 Å². The predicted octanol–water partition coefficient (Wildman–Crippen LogP) is 5.00. The minimum Gasteiger partial charge on any atom is -0.469 e. The number of aryl methyl sites for hydroxylation is 1. The fourth-order valence-electron chi connectivity index (χ4n) is 2.18. The van der Waals surface area contributed by atoms with E-state index in [2.05, 4.69) is 17.4 Å². The largest absolute Gasteiger partial charge is 0.469 e. The van der Waals surface area contributed by atoms with E-state index in [0.717, 1.165) is 21.2 Å². The van der Waals surface area contributed by atoms with E-state index in [4.69, 9.17) is 4.42 Å². The van der Waals surface area contributed by atoms with E-state index in [1.807, 2.05) is 54.6 Å². The zero-order valence-corrected chi connectivity index (χ0v) is 13.4. The first-order valence-corrected chi connectivity index (χ1v) is 8.27. The number of furan rings is 1. The van der Waals surface area contributed by atoms with Crippen LogP contribution < -0.4 is 5.32 Å². The number of para-hydroxylation sites is 1. The molecule has 0 radical (unpaired) electrons. The summed E-state index contributed by atoms with van der Waals surface area (Å²) >= 11 is 1.64. The monoisotopic (exact) mass is 323 g/mol. The smallest absolute Gasteiger partial charge is 0.224 e. The van der Waals surface area contributed by atoms with Gasteiger partial charge in [-0.1, -0.05) is 42.1 Å². The molecule has 0 saturated heterocycles. The molecule has 23 heavy (non-hydrogen) atoms. The summed E-state index contributed by atoms with van der Waals surface area (Å²) in [6, 6.07) is 21.7. The Bertz CT molecular complexity index is 754. The van der Waals surface area contributed by atoms with Crippen molar-refractivity contribution in [2.75, 3.05) is 5.32 Å².